The lowest BCUT2D eigenvalue weighted by Crippen LogP contribution is -2.29. The Hall–Kier alpha value is -3.74. The van der Waals surface area contributed by atoms with Crippen LogP contribution in [-0.4, -0.2) is 40.7 Å². The van der Waals surface area contributed by atoms with E-state index in [1.165, 1.54) is 4.90 Å². The summed E-state index contributed by atoms with van der Waals surface area (Å²) in [4.78, 5) is 20.9. The molecule has 2 N–H and O–H groups in total. The van der Waals surface area contributed by atoms with Crippen LogP contribution in [0.4, 0.5) is 4.79 Å². The number of aromatic nitrogens is 2. The molecule has 0 spiro atoms. The van der Waals surface area contributed by atoms with Crippen molar-refractivity contribution >= 4 is 14.2 Å². The van der Waals surface area contributed by atoms with E-state index in [0.717, 1.165) is 40.8 Å². The van der Waals surface area contributed by atoms with Gasteiger partial charge < -0.3 is 10.1 Å². The molecule has 2 aromatic carbocycles. The number of nitrogens with one attached hydrogen (secondary N) is 1. The van der Waals surface area contributed by atoms with Gasteiger partial charge in [0, 0.05) is 17.7 Å². The van der Waals surface area contributed by atoms with Crippen LogP contribution in [0.15, 0.2) is 54.7 Å². The lowest BCUT2D eigenvalue weighted by Gasteiger charge is -2.19. The number of likely N-dealkylation sites (tertiary alicyclic amines) is 1. The molecular weight excluding hydrogens is 426 g/mol. The van der Waals surface area contributed by atoms with E-state index in [4.69, 9.17) is 0 Å². The topological polar surface area (TPSA) is 69.2 Å². The minimum Gasteiger partial charge on any atom is -0.465 e. The fraction of sp³-hybridized carbons (Fsp3) is 0.259. The molecule has 0 saturated carbocycles. The van der Waals surface area contributed by atoms with Crippen molar-refractivity contribution in [1.82, 2.24) is 14.9 Å². The predicted molar refractivity (Wildman–Crippen MR) is 134 cm³/mol. The standard InChI is InChI=1S/C27H27N3O2Si/c1-33(2,3)17-8-7-12-21-14-15-22(18-23(21)20-10-5-4-6-11-20)24-19-28-26(29-24)25-13-9-16-30(25)27(31)32/h4-6,10-11,14-15,18-19,25H,9,13,16H2,1-3H3,(H,28,29)(H,31,32)/t25-/m0/s1. The summed E-state index contributed by atoms with van der Waals surface area (Å²) in [5, 5.41) is 9.46. The van der Waals surface area contributed by atoms with E-state index in [1.54, 1.807) is 6.20 Å². The third kappa shape index (κ3) is 5.37. The first-order valence-corrected chi connectivity index (χ1v) is 14.6. The van der Waals surface area contributed by atoms with Gasteiger partial charge in [-0.15, -0.1) is 5.54 Å². The normalized spacial score (nSPS) is 15.4. The van der Waals surface area contributed by atoms with E-state index in [0.29, 0.717) is 12.4 Å². The number of nitrogens with zero attached hydrogens (tertiary/aromatic N) is 2. The Morgan fingerprint density at radius 2 is 1.91 bits per heavy atom. The zero-order valence-corrected chi connectivity index (χ0v) is 20.1. The molecule has 1 aliphatic rings. The third-order valence-corrected chi connectivity index (χ3v) is 6.40. The van der Waals surface area contributed by atoms with Gasteiger partial charge in [-0.2, -0.15) is 0 Å². The summed E-state index contributed by atoms with van der Waals surface area (Å²) in [6.07, 6.45) is 2.50. The van der Waals surface area contributed by atoms with Crippen molar-refractivity contribution in [2.45, 2.75) is 38.5 Å². The summed E-state index contributed by atoms with van der Waals surface area (Å²) in [6, 6.07) is 16.1. The summed E-state index contributed by atoms with van der Waals surface area (Å²) in [6.45, 7) is 7.14. The third-order valence-electron chi connectivity index (χ3n) is 5.52. The van der Waals surface area contributed by atoms with Crippen LogP contribution in [0.25, 0.3) is 22.4 Å². The zero-order chi connectivity index (χ0) is 23.4. The molecule has 0 bridgehead atoms. The average molecular weight is 454 g/mol. The number of aromatic amines is 1. The van der Waals surface area contributed by atoms with Crippen molar-refractivity contribution in [2.75, 3.05) is 6.54 Å². The number of hydrogen-bond acceptors (Lipinski definition) is 2. The Balaban J connectivity index is 1.70. The largest absolute Gasteiger partial charge is 0.465 e. The first-order chi connectivity index (χ1) is 15.8. The smallest absolute Gasteiger partial charge is 0.407 e. The average Bonchev–Trinajstić information content (AvgIpc) is 3.46. The second-order valence-electron chi connectivity index (χ2n) is 9.19. The summed E-state index contributed by atoms with van der Waals surface area (Å²) >= 11 is 0. The molecule has 0 aliphatic carbocycles. The van der Waals surface area contributed by atoms with Crippen molar-refractivity contribution in [3.63, 3.8) is 0 Å². The van der Waals surface area contributed by atoms with Gasteiger partial charge in [-0.25, -0.2) is 9.78 Å². The minimum absolute atomic E-state index is 0.222. The van der Waals surface area contributed by atoms with Gasteiger partial charge in [0.05, 0.1) is 17.9 Å². The number of rotatable bonds is 3. The van der Waals surface area contributed by atoms with Crippen molar-refractivity contribution in [3.8, 4) is 45.7 Å². The van der Waals surface area contributed by atoms with E-state index >= 15 is 0 Å². The molecule has 1 aliphatic heterocycles. The van der Waals surface area contributed by atoms with Crippen LogP contribution in [0.5, 0.6) is 0 Å². The fourth-order valence-electron chi connectivity index (χ4n) is 3.93. The second-order valence-corrected chi connectivity index (χ2v) is 13.9. The SMILES string of the molecule is C[Si](C)(C)C#CC#Cc1ccc(-c2cnc([C@@H]3CCCN3C(=O)O)[nH]2)cc1-c1ccccc1. The van der Waals surface area contributed by atoms with Crippen molar-refractivity contribution < 1.29 is 9.90 Å². The van der Waals surface area contributed by atoms with Crippen LogP contribution in [0, 0.1) is 23.3 Å². The van der Waals surface area contributed by atoms with Gasteiger partial charge in [0.2, 0.25) is 0 Å². The maximum absolute atomic E-state index is 11.5. The second kappa shape index (κ2) is 9.40. The highest BCUT2D eigenvalue weighted by Gasteiger charge is 2.31. The molecule has 0 unspecified atom stereocenters. The predicted octanol–water partition coefficient (Wildman–Crippen LogP) is 5.79. The number of hydrogen-bond donors (Lipinski definition) is 2. The van der Waals surface area contributed by atoms with E-state index in [2.05, 4.69) is 71.1 Å². The molecule has 1 saturated heterocycles. The fourth-order valence-corrected chi connectivity index (χ4v) is 4.36. The van der Waals surface area contributed by atoms with Crippen LogP contribution in [0.1, 0.15) is 30.3 Å². The highest BCUT2D eigenvalue weighted by molar-refractivity contribution is 6.83. The van der Waals surface area contributed by atoms with Gasteiger partial charge >= 0.3 is 6.09 Å². The van der Waals surface area contributed by atoms with E-state index in [1.807, 2.05) is 30.3 Å². The van der Waals surface area contributed by atoms with Gasteiger partial charge in [-0.3, -0.25) is 4.90 Å². The molecule has 2 heterocycles. The monoisotopic (exact) mass is 453 g/mol. The molecule has 4 rings (SSSR count). The molecular formula is C27H27N3O2Si. The Morgan fingerprint density at radius 3 is 2.64 bits per heavy atom. The van der Waals surface area contributed by atoms with Crippen LogP contribution >= 0.6 is 0 Å². The number of carbonyl (C=O) groups is 1. The molecule has 0 radical (unpaired) electrons. The lowest BCUT2D eigenvalue weighted by molar-refractivity contribution is 0.139. The molecule has 1 aromatic heterocycles. The van der Waals surface area contributed by atoms with E-state index < -0.39 is 14.2 Å². The van der Waals surface area contributed by atoms with Crippen LogP contribution in [0.3, 0.4) is 0 Å². The van der Waals surface area contributed by atoms with Crippen molar-refractivity contribution in [1.29, 1.82) is 0 Å². The summed E-state index contributed by atoms with van der Waals surface area (Å²) < 4.78 is 0. The lowest BCUT2D eigenvalue weighted by atomic mass is 9.96. The highest BCUT2D eigenvalue weighted by atomic mass is 28.3. The van der Waals surface area contributed by atoms with Gasteiger partial charge in [0.15, 0.2) is 0 Å². The molecule has 1 amide bonds. The Bertz CT molecular complexity index is 1280. The van der Waals surface area contributed by atoms with Gasteiger partial charge in [-0.1, -0.05) is 62.0 Å². The van der Waals surface area contributed by atoms with Crippen molar-refractivity contribution in [2.24, 2.45) is 0 Å². The number of H-pyrrole nitrogens is 1. The molecule has 3 aromatic rings. The number of amides is 1. The van der Waals surface area contributed by atoms with E-state index in [9.17, 15) is 9.90 Å². The number of imidazole rings is 1. The zero-order valence-electron chi connectivity index (χ0n) is 19.1. The maximum Gasteiger partial charge on any atom is 0.407 e. The van der Waals surface area contributed by atoms with Crippen LogP contribution in [0.2, 0.25) is 19.6 Å². The summed E-state index contributed by atoms with van der Waals surface area (Å²) in [5.74, 6) is 9.98. The first kappa shape index (κ1) is 22.5. The molecule has 6 heteroatoms. The Labute approximate surface area is 195 Å². The van der Waals surface area contributed by atoms with Crippen LogP contribution in [-0.2, 0) is 0 Å². The molecule has 5 nitrogen and oxygen atoms in total. The van der Waals surface area contributed by atoms with Crippen LogP contribution < -0.4 is 0 Å². The van der Waals surface area contributed by atoms with Gasteiger partial charge in [0.1, 0.15) is 13.9 Å². The van der Waals surface area contributed by atoms with Crippen molar-refractivity contribution in [3.05, 3.63) is 66.1 Å². The molecule has 166 valence electrons. The first-order valence-electron chi connectivity index (χ1n) is 11.1. The quantitative estimate of drug-likeness (QED) is 0.389. The number of carboxylic acid groups (broad SMARTS) is 1. The molecule has 1 fully saturated rings. The summed E-state index contributed by atoms with van der Waals surface area (Å²) in [5.41, 5.74) is 8.15. The minimum atomic E-state index is -1.46. The van der Waals surface area contributed by atoms with Gasteiger partial charge in [-0.05, 0) is 47.9 Å². The maximum atomic E-state index is 11.5. The van der Waals surface area contributed by atoms with E-state index in [-0.39, 0.29) is 6.04 Å². The Kier molecular flexibility index (Phi) is 6.40. The van der Waals surface area contributed by atoms with Gasteiger partial charge in [0.25, 0.3) is 0 Å². The molecule has 1 atom stereocenters. The molecule has 33 heavy (non-hydrogen) atoms. The Morgan fingerprint density at radius 1 is 1.12 bits per heavy atom. The number of benzene rings is 2. The highest BCUT2D eigenvalue weighted by Crippen LogP contribution is 2.33. The summed E-state index contributed by atoms with van der Waals surface area (Å²) in [7, 11) is -1.46.